The molecule has 2 N–H and O–H groups in total. The molecule has 1 aliphatic carbocycles. The highest BCUT2D eigenvalue weighted by molar-refractivity contribution is 7.89. The number of nitrogens with two attached hydrogens (primary N) is 1. The maximum Gasteiger partial charge on any atom is 0.257 e. The molecule has 1 fully saturated rings. The largest absolute Gasteiger partial charge is 0.330 e. The van der Waals surface area contributed by atoms with Crippen LogP contribution in [0.2, 0.25) is 0 Å². The molecule has 0 radical (unpaired) electrons. The number of hydrogen-bond donors (Lipinski definition) is 1. The Morgan fingerprint density at radius 2 is 2.10 bits per heavy atom. The smallest absolute Gasteiger partial charge is 0.257 e. The van der Waals surface area contributed by atoms with E-state index in [0.717, 1.165) is 5.69 Å². The van der Waals surface area contributed by atoms with Gasteiger partial charge in [0.2, 0.25) is 0 Å². The first-order valence-electron chi connectivity index (χ1n) is 6.61. The van der Waals surface area contributed by atoms with E-state index >= 15 is 0 Å². The molecule has 0 bridgehead atoms. The molecule has 2 aromatic heterocycles. The van der Waals surface area contributed by atoms with Gasteiger partial charge in [0.15, 0.2) is 5.03 Å². The number of sulfonamides is 1. The molecule has 0 saturated heterocycles. The van der Waals surface area contributed by atoms with E-state index in [1.165, 1.54) is 38.2 Å². The lowest BCUT2D eigenvalue weighted by Crippen LogP contribution is -2.12. The molecular weight excluding hydrogens is 278 g/mol. The molecule has 20 heavy (non-hydrogen) atoms. The molecule has 0 aliphatic heterocycles. The van der Waals surface area contributed by atoms with E-state index < -0.39 is 10.0 Å². The predicted octanol–water partition coefficient (Wildman–Crippen LogP) is 0.890. The number of hydrogen-bond acceptors (Lipinski definition) is 4. The minimum absolute atomic E-state index is 0.118. The van der Waals surface area contributed by atoms with Crippen LogP contribution in [0.3, 0.4) is 0 Å². The van der Waals surface area contributed by atoms with Gasteiger partial charge in [0, 0.05) is 12.4 Å². The fraction of sp³-hybridized carbons (Fsp3) is 0.500. The first-order valence-corrected chi connectivity index (χ1v) is 8.15. The van der Waals surface area contributed by atoms with Crippen molar-refractivity contribution in [3.05, 3.63) is 30.5 Å². The van der Waals surface area contributed by atoms with Crippen molar-refractivity contribution in [1.82, 2.24) is 19.3 Å². The van der Waals surface area contributed by atoms with Crippen molar-refractivity contribution < 1.29 is 8.42 Å². The normalized spacial score (nSPS) is 16.9. The Balaban J connectivity index is 1.73. The summed E-state index contributed by atoms with van der Waals surface area (Å²) in [5, 5.41) is 9.46. The number of nitrogens with zero attached hydrogens (tertiary/aromatic N) is 4. The Morgan fingerprint density at radius 3 is 2.75 bits per heavy atom. The molecule has 108 valence electrons. The van der Waals surface area contributed by atoms with Crippen LogP contribution >= 0.6 is 0 Å². The minimum atomic E-state index is -3.74. The second-order valence-corrected chi connectivity index (χ2v) is 6.66. The van der Waals surface area contributed by atoms with Gasteiger partial charge in [-0.05, 0) is 18.9 Å². The molecule has 2 heterocycles. The molecule has 0 amide bonds. The third-order valence-corrected chi connectivity index (χ3v) is 4.40. The van der Waals surface area contributed by atoms with E-state index in [4.69, 9.17) is 5.14 Å². The van der Waals surface area contributed by atoms with E-state index in [-0.39, 0.29) is 5.03 Å². The summed E-state index contributed by atoms with van der Waals surface area (Å²) in [7, 11) is -3.74. The average Bonchev–Trinajstić information content (AvgIpc) is 3.08. The van der Waals surface area contributed by atoms with Gasteiger partial charge in [-0.25, -0.2) is 18.5 Å². The quantitative estimate of drug-likeness (QED) is 0.906. The molecule has 0 atom stereocenters. The lowest BCUT2D eigenvalue weighted by atomic mass is 10.3. The lowest BCUT2D eigenvalue weighted by molar-refractivity contribution is 0.461. The fourth-order valence-corrected chi connectivity index (χ4v) is 3.07. The van der Waals surface area contributed by atoms with E-state index in [1.807, 2.05) is 16.9 Å². The van der Waals surface area contributed by atoms with Gasteiger partial charge in [-0.3, -0.25) is 4.68 Å². The van der Waals surface area contributed by atoms with Gasteiger partial charge in [0.05, 0.1) is 24.6 Å². The highest BCUT2D eigenvalue weighted by Gasteiger charge is 2.17. The first-order chi connectivity index (χ1) is 9.52. The highest BCUT2D eigenvalue weighted by Crippen LogP contribution is 2.28. The zero-order valence-electron chi connectivity index (χ0n) is 11.0. The summed E-state index contributed by atoms with van der Waals surface area (Å²) >= 11 is 0. The van der Waals surface area contributed by atoms with Crippen LogP contribution in [0.5, 0.6) is 0 Å². The number of rotatable bonds is 4. The minimum Gasteiger partial charge on any atom is -0.330 e. The average molecular weight is 295 g/mol. The summed E-state index contributed by atoms with van der Waals surface area (Å²) in [5.74, 6) is 0. The van der Waals surface area contributed by atoms with Crippen LogP contribution in [-0.2, 0) is 16.6 Å². The van der Waals surface area contributed by atoms with Gasteiger partial charge in [-0.1, -0.05) is 12.8 Å². The Kier molecular flexibility index (Phi) is 3.35. The molecule has 0 spiro atoms. The van der Waals surface area contributed by atoms with Crippen LogP contribution in [0.25, 0.3) is 0 Å². The van der Waals surface area contributed by atoms with Gasteiger partial charge in [-0.2, -0.15) is 5.10 Å². The molecule has 0 unspecified atom stereocenters. The summed E-state index contributed by atoms with van der Waals surface area (Å²) in [6, 6.07) is 2.46. The van der Waals surface area contributed by atoms with Crippen molar-refractivity contribution in [2.45, 2.75) is 43.3 Å². The zero-order valence-corrected chi connectivity index (χ0v) is 11.8. The third kappa shape index (κ3) is 2.75. The first kappa shape index (κ1) is 13.3. The van der Waals surface area contributed by atoms with Crippen LogP contribution in [-0.4, -0.2) is 27.7 Å². The SMILES string of the molecule is NS(=O)(=O)c1cn(Cc2ccn(C3CCCC3)n2)cn1. The third-order valence-electron chi connectivity index (χ3n) is 3.61. The Bertz CT molecular complexity index is 697. The van der Waals surface area contributed by atoms with Crippen molar-refractivity contribution in [3.63, 3.8) is 0 Å². The van der Waals surface area contributed by atoms with Gasteiger partial charge in [0.25, 0.3) is 10.0 Å². The molecule has 1 saturated carbocycles. The Hall–Kier alpha value is -1.67. The molecule has 0 aromatic carbocycles. The van der Waals surface area contributed by atoms with Gasteiger partial charge >= 0.3 is 0 Å². The van der Waals surface area contributed by atoms with Crippen molar-refractivity contribution >= 4 is 10.0 Å². The number of imidazole rings is 1. The second-order valence-electron chi connectivity index (χ2n) is 5.15. The van der Waals surface area contributed by atoms with Crippen molar-refractivity contribution in [3.8, 4) is 0 Å². The van der Waals surface area contributed by atoms with Crippen molar-refractivity contribution in [2.75, 3.05) is 0 Å². The molecule has 2 aromatic rings. The Labute approximate surface area is 117 Å². The maximum absolute atomic E-state index is 11.2. The molecule has 1 aliphatic rings. The van der Waals surface area contributed by atoms with Crippen LogP contribution in [0.1, 0.15) is 37.4 Å². The van der Waals surface area contributed by atoms with E-state index in [1.54, 1.807) is 4.57 Å². The number of primary sulfonamides is 1. The summed E-state index contributed by atoms with van der Waals surface area (Å²) in [5.41, 5.74) is 0.885. The summed E-state index contributed by atoms with van der Waals surface area (Å²) in [6.45, 7) is 0.488. The van der Waals surface area contributed by atoms with E-state index in [2.05, 4.69) is 10.1 Å². The van der Waals surface area contributed by atoms with Gasteiger partial charge in [-0.15, -0.1) is 0 Å². The maximum atomic E-state index is 11.2. The van der Waals surface area contributed by atoms with Gasteiger partial charge in [0.1, 0.15) is 0 Å². The Morgan fingerprint density at radius 1 is 1.35 bits per heavy atom. The van der Waals surface area contributed by atoms with Crippen LogP contribution in [0.4, 0.5) is 0 Å². The summed E-state index contributed by atoms with van der Waals surface area (Å²) in [4.78, 5) is 3.78. The topological polar surface area (TPSA) is 95.8 Å². The van der Waals surface area contributed by atoms with Gasteiger partial charge < -0.3 is 4.57 Å². The highest BCUT2D eigenvalue weighted by atomic mass is 32.2. The molecule has 7 nitrogen and oxygen atoms in total. The van der Waals surface area contributed by atoms with Crippen LogP contribution < -0.4 is 5.14 Å². The van der Waals surface area contributed by atoms with Crippen molar-refractivity contribution in [1.29, 1.82) is 0 Å². The molecule has 8 heteroatoms. The summed E-state index contributed by atoms with van der Waals surface area (Å²) in [6.07, 6.45) is 9.75. The van der Waals surface area contributed by atoms with E-state index in [0.29, 0.717) is 12.6 Å². The molecular formula is C12H17N5O2S. The lowest BCUT2D eigenvalue weighted by Gasteiger charge is -2.08. The zero-order chi connectivity index (χ0) is 14.2. The summed E-state index contributed by atoms with van der Waals surface area (Å²) < 4.78 is 26.0. The second kappa shape index (κ2) is 5.02. The van der Waals surface area contributed by atoms with Crippen LogP contribution in [0.15, 0.2) is 29.8 Å². The fourth-order valence-electron chi connectivity index (χ4n) is 2.59. The monoisotopic (exact) mass is 295 g/mol. The van der Waals surface area contributed by atoms with E-state index in [9.17, 15) is 8.42 Å². The standard InChI is InChI=1S/C12H17N5O2S/c13-20(18,19)12-8-16(9-14-12)7-10-5-6-17(15-10)11-3-1-2-4-11/h5-6,8-9,11H,1-4,7H2,(H2,13,18,19). The number of aromatic nitrogens is 4. The predicted molar refractivity (Wildman–Crippen MR) is 72.4 cm³/mol. The molecule has 3 rings (SSSR count). The van der Waals surface area contributed by atoms with Crippen molar-refractivity contribution in [2.24, 2.45) is 5.14 Å². The van der Waals surface area contributed by atoms with Crippen LogP contribution in [0, 0.1) is 0 Å².